The molecule has 0 bridgehead atoms. The van der Waals surface area contributed by atoms with E-state index in [0.717, 1.165) is 18.4 Å². The highest BCUT2D eigenvalue weighted by Gasteiger charge is 2.46. The van der Waals surface area contributed by atoms with Crippen molar-refractivity contribution in [3.63, 3.8) is 0 Å². The normalized spacial score (nSPS) is 19.3. The Morgan fingerprint density at radius 2 is 2.40 bits per heavy atom. The maximum absolute atomic E-state index is 11.7. The summed E-state index contributed by atoms with van der Waals surface area (Å²) in [6.45, 7) is 1.93. The van der Waals surface area contributed by atoms with Crippen LogP contribution in [0.3, 0.4) is 0 Å². The van der Waals surface area contributed by atoms with E-state index in [-0.39, 0.29) is 11.9 Å². The zero-order valence-corrected chi connectivity index (χ0v) is 8.73. The van der Waals surface area contributed by atoms with Crippen LogP contribution in [0.15, 0.2) is 24.5 Å². The number of nitrogens with two attached hydrogens (primary N) is 1. The van der Waals surface area contributed by atoms with Gasteiger partial charge < -0.3 is 11.1 Å². The van der Waals surface area contributed by atoms with Gasteiger partial charge in [0.2, 0.25) is 5.91 Å². The summed E-state index contributed by atoms with van der Waals surface area (Å²) < 4.78 is 0. The molecule has 1 aromatic heterocycles. The predicted molar refractivity (Wildman–Crippen MR) is 56.9 cm³/mol. The summed E-state index contributed by atoms with van der Waals surface area (Å²) in [5.41, 5.74) is 6.18. The molecule has 0 aliphatic heterocycles. The zero-order chi connectivity index (χ0) is 10.9. The van der Waals surface area contributed by atoms with Crippen molar-refractivity contribution in [2.45, 2.75) is 31.3 Å². The van der Waals surface area contributed by atoms with Gasteiger partial charge in [0.15, 0.2) is 0 Å². The van der Waals surface area contributed by atoms with Crippen LogP contribution in [0.5, 0.6) is 0 Å². The van der Waals surface area contributed by atoms with Crippen LogP contribution in [0.2, 0.25) is 0 Å². The summed E-state index contributed by atoms with van der Waals surface area (Å²) >= 11 is 0. The number of nitrogens with one attached hydrogen (secondary N) is 1. The average Bonchev–Trinajstić information content (AvgIpc) is 2.99. The second-order valence-electron chi connectivity index (χ2n) is 4.14. The topological polar surface area (TPSA) is 68.0 Å². The highest BCUT2D eigenvalue weighted by molar-refractivity contribution is 5.89. The molecular formula is C11H15N3O. The minimum absolute atomic E-state index is 0.0350. The molecule has 0 aromatic carbocycles. The summed E-state index contributed by atoms with van der Waals surface area (Å²) in [5, 5.41) is 2.89. The van der Waals surface area contributed by atoms with Gasteiger partial charge in [0.1, 0.15) is 0 Å². The van der Waals surface area contributed by atoms with Crippen molar-refractivity contribution in [2.24, 2.45) is 5.73 Å². The monoisotopic (exact) mass is 205 g/mol. The van der Waals surface area contributed by atoms with E-state index in [2.05, 4.69) is 10.3 Å². The molecule has 4 heteroatoms. The fourth-order valence-electron chi connectivity index (χ4n) is 1.42. The van der Waals surface area contributed by atoms with Gasteiger partial charge in [-0.2, -0.15) is 0 Å². The molecule has 1 saturated carbocycles. The molecule has 80 valence electrons. The lowest BCUT2D eigenvalue weighted by atomic mass is 10.1. The summed E-state index contributed by atoms with van der Waals surface area (Å²) in [4.78, 5) is 15.7. The summed E-state index contributed by atoms with van der Waals surface area (Å²) in [6.07, 6.45) is 5.04. The number of carbonyl (C=O) groups excluding carboxylic acids is 1. The molecule has 1 aliphatic carbocycles. The van der Waals surface area contributed by atoms with E-state index < -0.39 is 5.54 Å². The molecule has 3 N–H and O–H groups in total. The van der Waals surface area contributed by atoms with Crippen LogP contribution in [0.25, 0.3) is 0 Å². The highest BCUT2D eigenvalue weighted by atomic mass is 16.2. The molecule has 0 spiro atoms. The van der Waals surface area contributed by atoms with Gasteiger partial charge in [-0.15, -0.1) is 0 Å². The van der Waals surface area contributed by atoms with E-state index in [4.69, 9.17) is 5.73 Å². The quantitative estimate of drug-likeness (QED) is 0.765. The van der Waals surface area contributed by atoms with Crippen LogP contribution in [-0.2, 0) is 4.79 Å². The van der Waals surface area contributed by atoms with Crippen LogP contribution < -0.4 is 11.1 Å². The molecule has 1 aliphatic rings. The fourth-order valence-corrected chi connectivity index (χ4v) is 1.42. The van der Waals surface area contributed by atoms with Crippen molar-refractivity contribution >= 4 is 5.91 Å². The molecule has 15 heavy (non-hydrogen) atoms. The van der Waals surface area contributed by atoms with Gasteiger partial charge in [-0.1, -0.05) is 6.07 Å². The number of nitrogens with zero attached hydrogens (tertiary/aromatic N) is 1. The van der Waals surface area contributed by atoms with E-state index in [1.165, 1.54) is 0 Å². The standard InChI is InChI=1S/C11H15N3O/c1-8(9-3-2-6-13-7-9)14-10(15)11(12)4-5-11/h2-3,6-8H,4-5,12H2,1H3,(H,14,15)/t8-/m0/s1. The van der Waals surface area contributed by atoms with Gasteiger partial charge in [-0.3, -0.25) is 9.78 Å². The second-order valence-corrected chi connectivity index (χ2v) is 4.14. The number of carbonyl (C=O) groups is 1. The Kier molecular flexibility index (Phi) is 2.44. The molecule has 0 saturated heterocycles. The van der Waals surface area contributed by atoms with Crippen molar-refractivity contribution in [1.82, 2.24) is 10.3 Å². The van der Waals surface area contributed by atoms with Crippen LogP contribution in [0, 0.1) is 0 Å². The second kappa shape index (κ2) is 3.62. The number of amides is 1. The van der Waals surface area contributed by atoms with Gasteiger partial charge in [0.25, 0.3) is 0 Å². The molecule has 1 fully saturated rings. The SMILES string of the molecule is C[C@H](NC(=O)C1(N)CC1)c1cccnc1. The molecule has 1 aromatic rings. The van der Waals surface area contributed by atoms with Gasteiger partial charge in [0, 0.05) is 12.4 Å². The van der Waals surface area contributed by atoms with Gasteiger partial charge >= 0.3 is 0 Å². The van der Waals surface area contributed by atoms with E-state index in [0.29, 0.717) is 0 Å². The molecule has 2 rings (SSSR count). The number of hydrogen-bond acceptors (Lipinski definition) is 3. The number of pyridine rings is 1. The van der Waals surface area contributed by atoms with Crippen molar-refractivity contribution in [3.8, 4) is 0 Å². The Morgan fingerprint density at radius 3 is 2.93 bits per heavy atom. The van der Waals surface area contributed by atoms with Gasteiger partial charge in [0.05, 0.1) is 11.6 Å². The minimum Gasteiger partial charge on any atom is -0.348 e. The first kappa shape index (κ1) is 10.1. The van der Waals surface area contributed by atoms with Crippen molar-refractivity contribution < 1.29 is 4.79 Å². The lowest BCUT2D eigenvalue weighted by Crippen LogP contribution is -2.43. The third-order valence-electron chi connectivity index (χ3n) is 2.77. The first-order valence-electron chi connectivity index (χ1n) is 5.12. The van der Waals surface area contributed by atoms with Crippen LogP contribution >= 0.6 is 0 Å². The Hall–Kier alpha value is -1.42. The first-order chi connectivity index (χ1) is 7.12. The Labute approximate surface area is 88.9 Å². The first-order valence-corrected chi connectivity index (χ1v) is 5.12. The minimum atomic E-state index is -0.601. The van der Waals surface area contributed by atoms with E-state index in [9.17, 15) is 4.79 Å². The Balaban J connectivity index is 1.98. The summed E-state index contributed by atoms with van der Waals surface area (Å²) in [6, 6.07) is 3.76. The van der Waals surface area contributed by atoms with Crippen LogP contribution in [0.4, 0.5) is 0 Å². The maximum Gasteiger partial charge on any atom is 0.240 e. The van der Waals surface area contributed by atoms with Crippen molar-refractivity contribution in [2.75, 3.05) is 0 Å². The highest BCUT2D eigenvalue weighted by Crippen LogP contribution is 2.32. The molecule has 4 nitrogen and oxygen atoms in total. The number of hydrogen-bond donors (Lipinski definition) is 2. The van der Waals surface area contributed by atoms with E-state index in [1.54, 1.807) is 12.4 Å². The van der Waals surface area contributed by atoms with Crippen molar-refractivity contribution in [3.05, 3.63) is 30.1 Å². The Morgan fingerprint density at radius 1 is 1.67 bits per heavy atom. The fraction of sp³-hybridized carbons (Fsp3) is 0.455. The smallest absolute Gasteiger partial charge is 0.240 e. The molecule has 0 unspecified atom stereocenters. The average molecular weight is 205 g/mol. The maximum atomic E-state index is 11.7. The van der Waals surface area contributed by atoms with Gasteiger partial charge in [-0.05, 0) is 31.4 Å². The number of rotatable bonds is 3. The third kappa shape index (κ3) is 2.15. The van der Waals surface area contributed by atoms with Crippen LogP contribution in [-0.4, -0.2) is 16.4 Å². The lowest BCUT2D eigenvalue weighted by Gasteiger charge is -2.16. The van der Waals surface area contributed by atoms with Gasteiger partial charge in [-0.25, -0.2) is 0 Å². The van der Waals surface area contributed by atoms with Crippen LogP contribution in [0.1, 0.15) is 31.4 Å². The molecule has 1 atom stereocenters. The zero-order valence-electron chi connectivity index (χ0n) is 8.73. The predicted octanol–water partition coefficient (Wildman–Crippen LogP) is 0.750. The molecular weight excluding hydrogens is 190 g/mol. The van der Waals surface area contributed by atoms with Crippen molar-refractivity contribution in [1.29, 1.82) is 0 Å². The van der Waals surface area contributed by atoms with E-state index >= 15 is 0 Å². The summed E-state index contributed by atoms with van der Waals surface area (Å²) in [7, 11) is 0. The summed E-state index contributed by atoms with van der Waals surface area (Å²) in [5.74, 6) is -0.0566. The Bertz CT molecular complexity index is 359. The van der Waals surface area contributed by atoms with E-state index in [1.807, 2.05) is 19.1 Å². The molecule has 1 amide bonds. The largest absolute Gasteiger partial charge is 0.348 e. The lowest BCUT2D eigenvalue weighted by molar-refractivity contribution is -0.123. The molecule has 1 heterocycles. The number of aromatic nitrogens is 1. The molecule has 0 radical (unpaired) electrons. The third-order valence-corrected chi connectivity index (χ3v) is 2.77.